The van der Waals surface area contributed by atoms with Crippen molar-refractivity contribution in [3.05, 3.63) is 48.5 Å². The van der Waals surface area contributed by atoms with Crippen LogP contribution in [0.1, 0.15) is 13.3 Å². The summed E-state index contributed by atoms with van der Waals surface area (Å²) in [5, 5.41) is 0. The van der Waals surface area contributed by atoms with Gasteiger partial charge in [-0.15, -0.1) is 23.5 Å². The molecule has 2 N–H and O–H groups in total. The monoisotopic (exact) mass is 375 g/mol. The van der Waals surface area contributed by atoms with E-state index in [0.29, 0.717) is 11.8 Å². The molecule has 0 saturated carbocycles. The second-order valence-electron chi connectivity index (χ2n) is 6.40. The van der Waals surface area contributed by atoms with E-state index in [-0.39, 0.29) is 6.23 Å². The summed E-state index contributed by atoms with van der Waals surface area (Å²) in [4.78, 5) is 2.39. The number of benzene rings is 2. The third-order valence-electron chi connectivity index (χ3n) is 4.33. The minimum absolute atomic E-state index is 0.241. The van der Waals surface area contributed by atoms with Gasteiger partial charge in [0.2, 0.25) is 0 Å². The predicted octanol–water partition coefficient (Wildman–Crippen LogP) is 4.90. The molecule has 0 spiro atoms. The fourth-order valence-corrected chi connectivity index (χ4v) is 5.18. The molecule has 1 aliphatic rings. The summed E-state index contributed by atoms with van der Waals surface area (Å²) in [5.74, 6) is 4.81. The molecule has 1 heterocycles. The predicted molar refractivity (Wildman–Crippen MR) is 107 cm³/mol. The van der Waals surface area contributed by atoms with Gasteiger partial charge in [-0.25, -0.2) is 0 Å². The fourth-order valence-electron chi connectivity index (χ4n) is 2.96. The minimum Gasteiger partial charge on any atom is -0.496 e. The zero-order chi connectivity index (χ0) is 17.6. The van der Waals surface area contributed by atoms with Gasteiger partial charge in [-0.3, -0.25) is 5.73 Å². The SMILES string of the molecule is COc1ccccc1SCC(C)CC1CSc2ccccc2OC1N. The number of nitrogens with two attached hydrogens (primary N) is 1. The number of fused-ring (bicyclic) bond motifs is 1. The van der Waals surface area contributed by atoms with Gasteiger partial charge in [-0.1, -0.05) is 31.2 Å². The van der Waals surface area contributed by atoms with Crippen LogP contribution in [0, 0.1) is 11.8 Å². The molecule has 1 aliphatic heterocycles. The summed E-state index contributed by atoms with van der Waals surface area (Å²) < 4.78 is 11.4. The maximum absolute atomic E-state index is 6.33. The molecule has 0 saturated heterocycles. The summed E-state index contributed by atoms with van der Waals surface area (Å²) in [6.45, 7) is 2.29. The molecule has 3 nitrogen and oxygen atoms in total. The van der Waals surface area contributed by atoms with E-state index >= 15 is 0 Å². The molecule has 0 amide bonds. The van der Waals surface area contributed by atoms with Gasteiger partial charge < -0.3 is 9.47 Å². The van der Waals surface area contributed by atoms with Crippen LogP contribution in [0.25, 0.3) is 0 Å². The Labute approximate surface area is 158 Å². The first-order valence-corrected chi connectivity index (χ1v) is 10.5. The Bertz CT molecular complexity index is 695. The molecule has 3 atom stereocenters. The number of methoxy groups -OCH3 is 1. The Morgan fingerprint density at radius 2 is 2.00 bits per heavy atom. The van der Waals surface area contributed by atoms with Gasteiger partial charge in [0, 0.05) is 27.2 Å². The summed E-state index contributed by atoms with van der Waals surface area (Å²) in [5.41, 5.74) is 6.33. The first-order chi connectivity index (χ1) is 12.2. The van der Waals surface area contributed by atoms with Crippen LogP contribution >= 0.6 is 23.5 Å². The standard InChI is InChI=1S/C20H25NO2S2/c1-14(12-24-18-9-5-3-7-16(18)22-2)11-15-13-25-19-10-6-4-8-17(19)23-20(15)21/h3-10,14-15,20H,11-13,21H2,1-2H3. The number of para-hydroxylation sites is 2. The fraction of sp³-hybridized carbons (Fsp3) is 0.400. The summed E-state index contributed by atoms with van der Waals surface area (Å²) in [7, 11) is 1.72. The topological polar surface area (TPSA) is 44.5 Å². The Balaban J connectivity index is 1.55. The van der Waals surface area contributed by atoms with Crippen molar-refractivity contribution in [3.8, 4) is 11.5 Å². The van der Waals surface area contributed by atoms with Crippen molar-refractivity contribution in [1.29, 1.82) is 0 Å². The average Bonchev–Trinajstić information content (AvgIpc) is 2.79. The van der Waals surface area contributed by atoms with E-state index in [2.05, 4.69) is 25.1 Å². The molecular weight excluding hydrogens is 350 g/mol. The smallest absolute Gasteiger partial charge is 0.151 e. The molecule has 0 radical (unpaired) electrons. The molecule has 0 fully saturated rings. The number of hydrogen-bond acceptors (Lipinski definition) is 5. The second-order valence-corrected chi connectivity index (χ2v) is 8.53. The number of rotatable bonds is 6. The third kappa shape index (κ3) is 4.87. The third-order valence-corrected chi connectivity index (χ3v) is 6.95. The largest absolute Gasteiger partial charge is 0.496 e. The van der Waals surface area contributed by atoms with E-state index in [1.165, 1.54) is 9.79 Å². The number of ether oxygens (including phenoxy) is 2. The lowest BCUT2D eigenvalue weighted by Crippen LogP contribution is -2.37. The van der Waals surface area contributed by atoms with Crippen LogP contribution in [-0.2, 0) is 0 Å². The van der Waals surface area contributed by atoms with Crippen LogP contribution in [-0.4, -0.2) is 24.8 Å². The van der Waals surface area contributed by atoms with Crippen molar-refractivity contribution in [2.24, 2.45) is 17.6 Å². The zero-order valence-electron chi connectivity index (χ0n) is 14.7. The normalized spacial score (nSPS) is 20.9. The molecular formula is C20H25NO2S2. The highest BCUT2D eigenvalue weighted by Crippen LogP contribution is 2.37. The first kappa shape index (κ1) is 18.5. The van der Waals surface area contributed by atoms with Crippen LogP contribution in [0.2, 0.25) is 0 Å². The lowest BCUT2D eigenvalue weighted by molar-refractivity contribution is 0.138. The van der Waals surface area contributed by atoms with Crippen LogP contribution in [0.15, 0.2) is 58.3 Å². The lowest BCUT2D eigenvalue weighted by atomic mass is 9.97. The minimum atomic E-state index is -0.241. The average molecular weight is 376 g/mol. The summed E-state index contributed by atoms with van der Waals surface area (Å²) in [6.07, 6.45) is 0.819. The van der Waals surface area contributed by atoms with E-state index in [4.69, 9.17) is 15.2 Å². The summed E-state index contributed by atoms with van der Waals surface area (Å²) in [6, 6.07) is 16.3. The molecule has 0 aliphatic carbocycles. The van der Waals surface area contributed by atoms with Gasteiger partial charge in [0.15, 0.2) is 6.23 Å². The van der Waals surface area contributed by atoms with Crippen molar-refractivity contribution in [1.82, 2.24) is 0 Å². The zero-order valence-corrected chi connectivity index (χ0v) is 16.3. The number of thioether (sulfide) groups is 2. The van der Waals surface area contributed by atoms with Crippen LogP contribution in [0.3, 0.4) is 0 Å². The molecule has 3 unspecified atom stereocenters. The lowest BCUT2D eigenvalue weighted by Gasteiger charge is -2.24. The van der Waals surface area contributed by atoms with Gasteiger partial charge in [0.05, 0.1) is 7.11 Å². The molecule has 5 heteroatoms. The first-order valence-electron chi connectivity index (χ1n) is 8.57. The van der Waals surface area contributed by atoms with Crippen LogP contribution in [0.4, 0.5) is 0 Å². The van der Waals surface area contributed by atoms with Crippen molar-refractivity contribution in [3.63, 3.8) is 0 Å². The van der Waals surface area contributed by atoms with Gasteiger partial charge in [0.1, 0.15) is 11.5 Å². The van der Waals surface area contributed by atoms with Crippen molar-refractivity contribution < 1.29 is 9.47 Å². The molecule has 3 rings (SSSR count). The maximum Gasteiger partial charge on any atom is 0.151 e. The van der Waals surface area contributed by atoms with Gasteiger partial charge >= 0.3 is 0 Å². The Kier molecular flexibility index (Phi) is 6.57. The molecule has 134 valence electrons. The second kappa shape index (κ2) is 8.88. The van der Waals surface area contributed by atoms with E-state index in [1.54, 1.807) is 7.11 Å². The molecule has 0 bridgehead atoms. The molecule has 25 heavy (non-hydrogen) atoms. The molecule has 2 aromatic rings. The van der Waals surface area contributed by atoms with E-state index in [0.717, 1.165) is 29.4 Å². The van der Waals surface area contributed by atoms with Crippen molar-refractivity contribution >= 4 is 23.5 Å². The highest BCUT2D eigenvalue weighted by Gasteiger charge is 2.26. The van der Waals surface area contributed by atoms with Gasteiger partial charge in [-0.05, 0) is 36.6 Å². The van der Waals surface area contributed by atoms with Crippen molar-refractivity contribution in [2.45, 2.75) is 29.4 Å². The number of hydrogen-bond donors (Lipinski definition) is 1. The van der Waals surface area contributed by atoms with Crippen molar-refractivity contribution in [2.75, 3.05) is 18.6 Å². The quantitative estimate of drug-likeness (QED) is 0.728. The Morgan fingerprint density at radius 3 is 2.84 bits per heavy atom. The van der Waals surface area contributed by atoms with E-state index in [1.807, 2.05) is 53.9 Å². The van der Waals surface area contributed by atoms with E-state index in [9.17, 15) is 0 Å². The highest BCUT2D eigenvalue weighted by atomic mass is 32.2. The van der Waals surface area contributed by atoms with Crippen LogP contribution in [0.5, 0.6) is 11.5 Å². The van der Waals surface area contributed by atoms with Gasteiger partial charge in [0.25, 0.3) is 0 Å². The maximum atomic E-state index is 6.33. The molecule has 0 aromatic heterocycles. The highest BCUT2D eigenvalue weighted by molar-refractivity contribution is 7.99. The van der Waals surface area contributed by atoms with Gasteiger partial charge in [-0.2, -0.15) is 0 Å². The Morgan fingerprint density at radius 1 is 1.24 bits per heavy atom. The molecule has 2 aromatic carbocycles. The summed E-state index contributed by atoms with van der Waals surface area (Å²) >= 11 is 3.70. The van der Waals surface area contributed by atoms with E-state index < -0.39 is 0 Å². The van der Waals surface area contributed by atoms with Crippen LogP contribution < -0.4 is 15.2 Å². The Hall–Kier alpha value is -1.30.